The van der Waals surface area contributed by atoms with Gasteiger partial charge in [-0.15, -0.1) is 0 Å². The Hall–Kier alpha value is -0.660. The van der Waals surface area contributed by atoms with Crippen LogP contribution < -0.4 is 10.6 Å². The van der Waals surface area contributed by atoms with Crippen molar-refractivity contribution in [3.63, 3.8) is 0 Å². The van der Waals surface area contributed by atoms with Crippen molar-refractivity contribution in [2.75, 3.05) is 0 Å². The lowest BCUT2D eigenvalue weighted by atomic mass is 9.95. The van der Waals surface area contributed by atoms with Gasteiger partial charge >= 0.3 is 0 Å². The van der Waals surface area contributed by atoms with Crippen LogP contribution in [0.1, 0.15) is 64.2 Å². The van der Waals surface area contributed by atoms with Gasteiger partial charge in [-0.25, -0.2) is 0 Å². The Morgan fingerprint density at radius 3 is 1.31 bits per heavy atom. The van der Waals surface area contributed by atoms with Gasteiger partial charge in [0.2, 0.25) is 0 Å². The van der Waals surface area contributed by atoms with Gasteiger partial charge in [0.1, 0.15) is 0 Å². The van der Waals surface area contributed by atoms with Crippen LogP contribution in [0.4, 0.5) is 0 Å². The molecule has 0 bridgehead atoms. The Bertz CT molecular complexity index is 179. The minimum Gasteiger partial charge on any atom is -0.387 e. The Labute approximate surface area is 99.9 Å². The maximum absolute atomic E-state index is 3.52. The highest BCUT2D eigenvalue weighted by Crippen LogP contribution is 2.18. The first-order valence-corrected chi connectivity index (χ1v) is 7.12. The molecule has 0 amide bonds. The normalized spacial score (nSPS) is 24.8. The highest BCUT2D eigenvalue weighted by atomic mass is 14.9. The molecule has 0 atom stereocenters. The van der Waals surface area contributed by atoms with E-state index in [0.29, 0.717) is 0 Å². The molecule has 2 aliphatic carbocycles. The average Bonchev–Trinajstić information content (AvgIpc) is 2.37. The molecule has 0 spiro atoms. The zero-order chi connectivity index (χ0) is 11.1. The lowest BCUT2D eigenvalue weighted by molar-refractivity contribution is 0.395. The van der Waals surface area contributed by atoms with Crippen LogP contribution >= 0.6 is 0 Å². The second kappa shape index (κ2) is 6.82. The summed E-state index contributed by atoms with van der Waals surface area (Å²) in [5.41, 5.74) is 0. The van der Waals surface area contributed by atoms with Gasteiger partial charge in [-0.1, -0.05) is 38.5 Å². The lowest BCUT2D eigenvalue weighted by Crippen LogP contribution is -2.29. The molecule has 0 aliphatic heterocycles. The molecule has 0 aromatic carbocycles. The molecule has 2 saturated carbocycles. The van der Waals surface area contributed by atoms with Gasteiger partial charge in [0.25, 0.3) is 0 Å². The predicted octanol–water partition coefficient (Wildman–Crippen LogP) is 3.30. The molecule has 0 heterocycles. The van der Waals surface area contributed by atoms with Gasteiger partial charge in [0.15, 0.2) is 0 Å². The molecule has 2 N–H and O–H groups in total. The predicted molar refractivity (Wildman–Crippen MR) is 69.2 cm³/mol. The quantitative estimate of drug-likeness (QED) is 0.762. The average molecular weight is 222 g/mol. The van der Waals surface area contributed by atoms with E-state index in [0.717, 1.165) is 12.1 Å². The van der Waals surface area contributed by atoms with E-state index in [-0.39, 0.29) is 0 Å². The summed E-state index contributed by atoms with van der Waals surface area (Å²) in [6, 6.07) is 1.47. The van der Waals surface area contributed by atoms with Crippen molar-refractivity contribution in [3.05, 3.63) is 12.4 Å². The summed E-state index contributed by atoms with van der Waals surface area (Å²) in [6.45, 7) is 0. The summed E-state index contributed by atoms with van der Waals surface area (Å²) >= 11 is 0. The number of hydrogen-bond donors (Lipinski definition) is 2. The van der Waals surface area contributed by atoms with Crippen LogP contribution in [0.5, 0.6) is 0 Å². The van der Waals surface area contributed by atoms with E-state index in [9.17, 15) is 0 Å². The molecule has 2 rings (SSSR count). The van der Waals surface area contributed by atoms with Crippen LogP contribution in [0.2, 0.25) is 0 Å². The molecule has 2 fully saturated rings. The van der Waals surface area contributed by atoms with Crippen molar-refractivity contribution in [1.82, 2.24) is 10.6 Å². The maximum Gasteiger partial charge on any atom is 0.0256 e. The molecule has 2 nitrogen and oxygen atoms in total. The molecule has 16 heavy (non-hydrogen) atoms. The third-order valence-corrected chi connectivity index (χ3v) is 3.96. The standard InChI is InChI=1S/C14H26N2/c1-3-7-13(8-4-1)15-11-12-16-14-9-5-2-6-10-14/h11-16H,1-10H2/b12-11+. The van der Waals surface area contributed by atoms with Crippen molar-refractivity contribution in [2.24, 2.45) is 0 Å². The van der Waals surface area contributed by atoms with Gasteiger partial charge in [0, 0.05) is 24.5 Å². The molecule has 0 saturated heterocycles. The number of hydrogen-bond acceptors (Lipinski definition) is 2. The van der Waals surface area contributed by atoms with E-state index in [1.54, 1.807) is 0 Å². The molecule has 2 aliphatic rings. The summed E-state index contributed by atoms with van der Waals surface area (Å²) in [5.74, 6) is 0. The fourth-order valence-corrected chi connectivity index (χ4v) is 2.91. The Morgan fingerprint density at radius 1 is 0.562 bits per heavy atom. The van der Waals surface area contributed by atoms with Crippen LogP contribution in [-0.2, 0) is 0 Å². The first kappa shape index (κ1) is 11.8. The maximum atomic E-state index is 3.52. The summed E-state index contributed by atoms with van der Waals surface area (Å²) in [7, 11) is 0. The van der Waals surface area contributed by atoms with Gasteiger partial charge in [-0.05, 0) is 25.7 Å². The first-order chi connectivity index (χ1) is 7.95. The van der Waals surface area contributed by atoms with Crippen LogP contribution in [0, 0.1) is 0 Å². The van der Waals surface area contributed by atoms with Crippen molar-refractivity contribution < 1.29 is 0 Å². The minimum atomic E-state index is 0.734. The summed E-state index contributed by atoms with van der Waals surface area (Å²) in [5, 5.41) is 7.04. The fraction of sp³-hybridized carbons (Fsp3) is 0.857. The Morgan fingerprint density at radius 2 is 0.938 bits per heavy atom. The van der Waals surface area contributed by atoms with Crippen molar-refractivity contribution >= 4 is 0 Å². The minimum absolute atomic E-state index is 0.734. The topological polar surface area (TPSA) is 24.1 Å². The van der Waals surface area contributed by atoms with Crippen molar-refractivity contribution in [1.29, 1.82) is 0 Å². The summed E-state index contributed by atoms with van der Waals surface area (Å²) in [6.07, 6.45) is 18.2. The molecule has 0 aromatic rings. The monoisotopic (exact) mass is 222 g/mol. The zero-order valence-corrected chi connectivity index (χ0v) is 10.4. The third kappa shape index (κ3) is 4.07. The second-order valence-corrected chi connectivity index (χ2v) is 5.34. The smallest absolute Gasteiger partial charge is 0.0256 e. The van der Waals surface area contributed by atoms with Crippen LogP contribution in [-0.4, -0.2) is 12.1 Å². The van der Waals surface area contributed by atoms with Crippen molar-refractivity contribution in [3.8, 4) is 0 Å². The highest BCUT2D eigenvalue weighted by molar-refractivity contribution is 4.86. The third-order valence-electron chi connectivity index (χ3n) is 3.96. The van der Waals surface area contributed by atoms with Crippen molar-refractivity contribution in [2.45, 2.75) is 76.3 Å². The summed E-state index contributed by atoms with van der Waals surface area (Å²) in [4.78, 5) is 0. The molecule has 2 heteroatoms. The Kier molecular flexibility index (Phi) is 5.04. The highest BCUT2D eigenvalue weighted by Gasteiger charge is 2.12. The van der Waals surface area contributed by atoms with Gasteiger partial charge < -0.3 is 10.6 Å². The summed E-state index contributed by atoms with van der Waals surface area (Å²) < 4.78 is 0. The van der Waals surface area contributed by atoms with E-state index < -0.39 is 0 Å². The second-order valence-electron chi connectivity index (χ2n) is 5.34. The van der Waals surface area contributed by atoms with Crippen LogP contribution in [0.15, 0.2) is 12.4 Å². The van der Waals surface area contributed by atoms with Gasteiger partial charge in [-0.2, -0.15) is 0 Å². The van der Waals surface area contributed by atoms with Crippen LogP contribution in [0.25, 0.3) is 0 Å². The molecule has 0 unspecified atom stereocenters. The largest absolute Gasteiger partial charge is 0.387 e. The zero-order valence-electron chi connectivity index (χ0n) is 10.4. The van der Waals surface area contributed by atoms with Gasteiger partial charge in [-0.3, -0.25) is 0 Å². The molecular formula is C14H26N2. The number of nitrogens with one attached hydrogen (secondary N) is 2. The first-order valence-electron chi connectivity index (χ1n) is 7.12. The fourth-order valence-electron chi connectivity index (χ4n) is 2.91. The van der Waals surface area contributed by atoms with E-state index in [1.165, 1.54) is 64.2 Å². The van der Waals surface area contributed by atoms with E-state index >= 15 is 0 Å². The Balaban J connectivity index is 1.57. The lowest BCUT2D eigenvalue weighted by Gasteiger charge is -2.23. The SMILES string of the molecule is C(=C\NC1CCCCC1)/NC1CCCCC1. The van der Waals surface area contributed by atoms with E-state index in [2.05, 4.69) is 23.0 Å². The van der Waals surface area contributed by atoms with Crippen LogP contribution in [0.3, 0.4) is 0 Å². The molecular weight excluding hydrogens is 196 g/mol. The molecule has 92 valence electrons. The molecule has 0 radical (unpaired) electrons. The van der Waals surface area contributed by atoms with Gasteiger partial charge in [0.05, 0.1) is 0 Å². The molecule has 0 aromatic heterocycles. The van der Waals surface area contributed by atoms with E-state index in [1.807, 2.05) is 0 Å². The number of rotatable bonds is 4. The van der Waals surface area contributed by atoms with E-state index in [4.69, 9.17) is 0 Å².